The van der Waals surface area contributed by atoms with Crippen molar-refractivity contribution in [1.82, 2.24) is 15.0 Å². The standard InChI is InChI=1S/C9H6ClN3O/c10-9-12-5-3-6(13-9)8-7(14)2-1-4-11-8/h1-5,14H. The molecular formula is C9H6ClN3O. The van der Waals surface area contributed by atoms with E-state index in [4.69, 9.17) is 11.6 Å². The lowest BCUT2D eigenvalue weighted by molar-refractivity contribution is 0.475. The highest BCUT2D eigenvalue weighted by Crippen LogP contribution is 2.24. The van der Waals surface area contributed by atoms with Gasteiger partial charge < -0.3 is 5.11 Å². The van der Waals surface area contributed by atoms with Crippen LogP contribution in [0, 0.1) is 0 Å². The molecule has 0 saturated heterocycles. The van der Waals surface area contributed by atoms with Crippen molar-refractivity contribution >= 4 is 11.6 Å². The number of rotatable bonds is 1. The highest BCUT2D eigenvalue weighted by Gasteiger charge is 2.06. The first-order valence-electron chi connectivity index (χ1n) is 3.90. The molecule has 2 heterocycles. The molecule has 4 nitrogen and oxygen atoms in total. The maximum absolute atomic E-state index is 9.49. The summed E-state index contributed by atoms with van der Waals surface area (Å²) in [5.41, 5.74) is 0.903. The zero-order valence-corrected chi connectivity index (χ0v) is 7.81. The van der Waals surface area contributed by atoms with Gasteiger partial charge in [-0.05, 0) is 29.8 Å². The Labute approximate surface area is 85.2 Å². The minimum absolute atomic E-state index is 0.0715. The topological polar surface area (TPSA) is 58.9 Å². The van der Waals surface area contributed by atoms with E-state index in [1.54, 1.807) is 24.4 Å². The van der Waals surface area contributed by atoms with Crippen LogP contribution in [-0.2, 0) is 0 Å². The van der Waals surface area contributed by atoms with Crippen molar-refractivity contribution in [2.24, 2.45) is 0 Å². The van der Waals surface area contributed by atoms with E-state index in [0.717, 1.165) is 0 Å². The molecule has 0 atom stereocenters. The zero-order valence-electron chi connectivity index (χ0n) is 7.05. The van der Waals surface area contributed by atoms with Gasteiger partial charge in [-0.1, -0.05) is 0 Å². The SMILES string of the molecule is Oc1cccnc1-c1ccnc(Cl)n1. The maximum atomic E-state index is 9.49. The van der Waals surface area contributed by atoms with Crippen LogP contribution in [-0.4, -0.2) is 20.1 Å². The molecule has 2 rings (SSSR count). The van der Waals surface area contributed by atoms with Crippen LogP contribution >= 0.6 is 11.6 Å². The molecule has 0 spiro atoms. The van der Waals surface area contributed by atoms with Crippen molar-refractivity contribution in [1.29, 1.82) is 0 Å². The second kappa shape index (κ2) is 3.59. The molecule has 0 aromatic carbocycles. The predicted octanol–water partition coefficient (Wildman–Crippen LogP) is 1.90. The van der Waals surface area contributed by atoms with E-state index in [2.05, 4.69) is 15.0 Å². The average Bonchev–Trinajstić information content (AvgIpc) is 2.18. The smallest absolute Gasteiger partial charge is 0.222 e. The second-order valence-corrected chi connectivity index (χ2v) is 2.92. The fraction of sp³-hybridized carbons (Fsp3) is 0. The van der Waals surface area contributed by atoms with E-state index in [9.17, 15) is 5.11 Å². The van der Waals surface area contributed by atoms with E-state index < -0.39 is 0 Å². The lowest BCUT2D eigenvalue weighted by Crippen LogP contribution is -1.89. The Hall–Kier alpha value is -1.68. The van der Waals surface area contributed by atoms with Gasteiger partial charge in [0.2, 0.25) is 5.28 Å². The van der Waals surface area contributed by atoms with Crippen LogP contribution in [0.5, 0.6) is 5.75 Å². The first-order chi connectivity index (χ1) is 6.77. The summed E-state index contributed by atoms with van der Waals surface area (Å²) in [6.45, 7) is 0. The number of hydrogen-bond donors (Lipinski definition) is 1. The van der Waals surface area contributed by atoms with Crippen LogP contribution in [0.3, 0.4) is 0 Å². The molecule has 70 valence electrons. The van der Waals surface area contributed by atoms with Gasteiger partial charge in [-0.3, -0.25) is 4.98 Å². The highest BCUT2D eigenvalue weighted by molar-refractivity contribution is 6.28. The maximum Gasteiger partial charge on any atom is 0.222 e. The molecule has 5 heteroatoms. The third kappa shape index (κ3) is 1.65. The fourth-order valence-corrected chi connectivity index (χ4v) is 1.21. The number of hydrogen-bond acceptors (Lipinski definition) is 4. The monoisotopic (exact) mass is 207 g/mol. The van der Waals surface area contributed by atoms with Crippen LogP contribution in [0.15, 0.2) is 30.6 Å². The Bertz CT molecular complexity index is 461. The van der Waals surface area contributed by atoms with Crippen molar-refractivity contribution < 1.29 is 5.11 Å². The molecule has 0 unspecified atom stereocenters. The number of halogens is 1. The largest absolute Gasteiger partial charge is 0.506 e. The van der Waals surface area contributed by atoms with Crippen molar-refractivity contribution in [3.8, 4) is 17.1 Å². The number of aromatic nitrogens is 3. The minimum Gasteiger partial charge on any atom is -0.506 e. The van der Waals surface area contributed by atoms with E-state index in [0.29, 0.717) is 11.4 Å². The third-order valence-corrected chi connectivity index (χ3v) is 1.84. The lowest BCUT2D eigenvalue weighted by atomic mass is 10.2. The summed E-state index contributed by atoms with van der Waals surface area (Å²) in [6.07, 6.45) is 3.09. The first kappa shape index (κ1) is 8.90. The number of aromatic hydroxyl groups is 1. The lowest BCUT2D eigenvalue weighted by Gasteiger charge is -2.01. The normalized spacial score (nSPS) is 10.1. The summed E-state index contributed by atoms with van der Waals surface area (Å²) in [5.74, 6) is 0.0715. The predicted molar refractivity (Wildman–Crippen MR) is 51.9 cm³/mol. The Morgan fingerprint density at radius 2 is 2.00 bits per heavy atom. The molecular weight excluding hydrogens is 202 g/mol. The van der Waals surface area contributed by atoms with Crippen LogP contribution in [0.1, 0.15) is 0 Å². The molecule has 0 fully saturated rings. The third-order valence-electron chi connectivity index (χ3n) is 1.66. The molecule has 1 N–H and O–H groups in total. The van der Waals surface area contributed by atoms with Gasteiger partial charge in [-0.25, -0.2) is 9.97 Å². The van der Waals surface area contributed by atoms with Gasteiger partial charge in [0.1, 0.15) is 11.4 Å². The second-order valence-electron chi connectivity index (χ2n) is 2.58. The molecule has 0 amide bonds. The van der Waals surface area contributed by atoms with Crippen molar-refractivity contribution in [3.05, 3.63) is 35.9 Å². The van der Waals surface area contributed by atoms with Crippen molar-refractivity contribution in [3.63, 3.8) is 0 Å². The van der Waals surface area contributed by atoms with E-state index in [1.165, 1.54) is 6.20 Å². The van der Waals surface area contributed by atoms with Gasteiger partial charge in [0, 0.05) is 12.4 Å². The van der Waals surface area contributed by atoms with Gasteiger partial charge >= 0.3 is 0 Å². The summed E-state index contributed by atoms with van der Waals surface area (Å²) in [5, 5.41) is 9.62. The van der Waals surface area contributed by atoms with Gasteiger partial charge in [-0.15, -0.1) is 0 Å². The van der Waals surface area contributed by atoms with Gasteiger partial charge in [-0.2, -0.15) is 0 Å². The molecule has 0 aliphatic heterocycles. The Morgan fingerprint density at radius 3 is 2.71 bits per heavy atom. The van der Waals surface area contributed by atoms with E-state index >= 15 is 0 Å². The van der Waals surface area contributed by atoms with Gasteiger partial charge in [0.15, 0.2) is 0 Å². The summed E-state index contributed by atoms with van der Waals surface area (Å²) in [7, 11) is 0. The zero-order chi connectivity index (χ0) is 9.97. The molecule has 0 radical (unpaired) electrons. The highest BCUT2D eigenvalue weighted by atomic mass is 35.5. The van der Waals surface area contributed by atoms with Crippen molar-refractivity contribution in [2.75, 3.05) is 0 Å². The fourth-order valence-electron chi connectivity index (χ4n) is 1.06. The summed E-state index contributed by atoms with van der Waals surface area (Å²) in [4.78, 5) is 11.7. The first-order valence-corrected chi connectivity index (χ1v) is 4.28. The Balaban J connectivity index is 2.55. The van der Waals surface area contributed by atoms with Crippen LogP contribution in [0.25, 0.3) is 11.4 Å². The van der Waals surface area contributed by atoms with Gasteiger partial charge in [0.05, 0.1) is 5.69 Å². The molecule has 0 aliphatic carbocycles. The van der Waals surface area contributed by atoms with Crippen LogP contribution < -0.4 is 0 Å². The molecule has 0 aliphatic rings. The molecule has 0 bridgehead atoms. The van der Waals surface area contributed by atoms with E-state index in [1.807, 2.05) is 0 Å². The molecule has 2 aromatic rings. The summed E-state index contributed by atoms with van der Waals surface area (Å²) in [6, 6.07) is 4.81. The van der Waals surface area contributed by atoms with E-state index in [-0.39, 0.29) is 11.0 Å². The number of nitrogens with zero attached hydrogens (tertiary/aromatic N) is 3. The molecule has 2 aromatic heterocycles. The number of pyridine rings is 1. The van der Waals surface area contributed by atoms with Gasteiger partial charge in [0.25, 0.3) is 0 Å². The minimum atomic E-state index is 0.0715. The van der Waals surface area contributed by atoms with Crippen molar-refractivity contribution in [2.45, 2.75) is 0 Å². The average molecular weight is 208 g/mol. The Morgan fingerprint density at radius 1 is 1.14 bits per heavy atom. The van der Waals surface area contributed by atoms with Crippen LogP contribution in [0.2, 0.25) is 5.28 Å². The summed E-state index contributed by atoms with van der Waals surface area (Å²) >= 11 is 5.62. The quantitative estimate of drug-likeness (QED) is 0.726. The summed E-state index contributed by atoms with van der Waals surface area (Å²) < 4.78 is 0. The Kier molecular flexibility index (Phi) is 2.28. The van der Waals surface area contributed by atoms with Crippen LogP contribution in [0.4, 0.5) is 0 Å². The molecule has 0 saturated carbocycles. The molecule has 14 heavy (non-hydrogen) atoms.